The second-order valence-corrected chi connectivity index (χ2v) is 3.44. The molecule has 0 atom stereocenters. The number of hydrogen-bond donors (Lipinski definition) is 1. The maximum Gasteiger partial charge on any atom is 0.149 e. The molecule has 1 heterocycles. The summed E-state index contributed by atoms with van der Waals surface area (Å²) in [4.78, 5) is 3.91. The number of hydrogen-bond acceptors (Lipinski definition) is 2. The first-order valence-corrected chi connectivity index (χ1v) is 4.52. The van der Waals surface area contributed by atoms with Crippen molar-refractivity contribution in [3.63, 3.8) is 0 Å². The maximum atomic E-state index is 13.4. The summed E-state index contributed by atoms with van der Waals surface area (Å²) in [7, 11) is 0. The lowest BCUT2D eigenvalue weighted by Crippen LogP contribution is -1.97. The second kappa shape index (κ2) is 3.52. The van der Waals surface area contributed by atoms with E-state index in [-0.39, 0.29) is 5.82 Å². The molecular weight excluding hydrogens is 203 g/mol. The van der Waals surface area contributed by atoms with Crippen molar-refractivity contribution in [1.29, 1.82) is 0 Å². The summed E-state index contributed by atoms with van der Waals surface area (Å²) in [5.74, 6) is -0.361. The highest BCUT2D eigenvalue weighted by molar-refractivity contribution is 6.31. The first-order valence-electron chi connectivity index (χ1n) is 4.14. The van der Waals surface area contributed by atoms with Gasteiger partial charge in [-0.1, -0.05) is 11.6 Å². The zero-order valence-corrected chi connectivity index (χ0v) is 8.05. The second-order valence-electron chi connectivity index (χ2n) is 3.01. The summed E-state index contributed by atoms with van der Waals surface area (Å²) in [5.41, 5.74) is 6.49. The van der Waals surface area contributed by atoms with Crippen LogP contribution in [-0.4, -0.2) is 4.98 Å². The van der Waals surface area contributed by atoms with E-state index in [1.54, 1.807) is 12.1 Å². The smallest absolute Gasteiger partial charge is 0.149 e. The van der Waals surface area contributed by atoms with Gasteiger partial charge < -0.3 is 5.73 Å². The van der Waals surface area contributed by atoms with Crippen molar-refractivity contribution < 1.29 is 4.39 Å². The molecule has 0 aliphatic carbocycles. The minimum absolute atomic E-state index is 0.305. The summed E-state index contributed by atoms with van der Waals surface area (Å²) < 4.78 is 13.4. The maximum absolute atomic E-state index is 13.4. The van der Waals surface area contributed by atoms with Crippen LogP contribution in [0.1, 0.15) is 5.56 Å². The van der Waals surface area contributed by atoms with Crippen LogP contribution >= 0.6 is 11.6 Å². The van der Waals surface area contributed by atoms with Gasteiger partial charge in [0.15, 0.2) is 0 Å². The Morgan fingerprint density at radius 2 is 2.14 bits per heavy atom. The third kappa shape index (κ3) is 1.56. The topological polar surface area (TPSA) is 38.9 Å². The van der Waals surface area contributed by atoms with Crippen molar-refractivity contribution in [1.82, 2.24) is 4.98 Å². The molecule has 4 heteroatoms. The summed E-state index contributed by atoms with van der Waals surface area (Å²) in [6.45, 7) is 0.305. The van der Waals surface area contributed by atoms with Crippen molar-refractivity contribution in [3.05, 3.63) is 40.8 Å². The Morgan fingerprint density at radius 1 is 1.36 bits per heavy atom. The number of nitrogens with two attached hydrogens (primary N) is 1. The minimum atomic E-state index is -0.361. The molecule has 1 aromatic carbocycles. The van der Waals surface area contributed by atoms with Crippen LogP contribution in [0.15, 0.2) is 24.4 Å². The number of fused-ring (bicyclic) bond motifs is 1. The Kier molecular flexibility index (Phi) is 2.35. The standard InChI is InChI=1S/C10H8ClFN2/c11-8-3-7-1-6(4-13)2-9(12)10(7)14-5-8/h1-3,5H,4,13H2. The molecule has 0 amide bonds. The van der Waals surface area contributed by atoms with Gasteiger partial charge in [0.2, 0.25) is 0 Å². The number of nitrogens with zero attached hydrogens (tertiary/aromatic N) is 1. The van der Waals surface area contributed by atoms with E-state index in [4.69, 9.17) is 17.3 Å². The zero-order chi connectivity index (χ0) is 10.1. The first kappa shape index (κ1) is 9.37. The average Bonchev–Trinajstić information content (AvgIpc) is 2.16. The average molecular weight is 211 g/mol. The Labute approximate surface area is 85.5 Å². The van der Waals surface area contributed by atoms with Crippen LogP contribution in [0.25, 0.3) is 10.9 Å². The van der Waals surface area contributed by atoms with E-state index >= 15 is 0 Å². The highest BCUT2D eigenvalue weighted by atomic mass is 35.5. The van der Waals surface area contributed by atoms with Gasteiger partial charge in [-0.2, -0.15) is 0 Å². The van der Waals surface area contributed by atoms with E-state index in [9.17, 15) is 4.39 Å². The Hall–Kier alpha value is -1.19. The van der Waals surface area contributed by atoms with Gasteiger partial charge in [-0.05, 0) is 23.8 Å². The number of aromatic nitrogens is 1. The molecule has 0 spiro atoms. The van der Waals surface area contributed by atoms with E-state index in [2.05, 4.69) is 4.98 Å². The molecule has 0 aliphatic rings. The largest absolute Gasteiger partial charge is 0.326 e. The van der Waals surface area contributed by atoms with Crippen LogP contribution in [0, 0.1) is 5.82 Å². The van der Waals surface area contributed by atoms with Gasteiger partial charge in [0.05, 0.1) is 5.02 Å². The molecule has 0 unspecified atom stereocenters. The van der Waals surface area contributed by atoms with Crippen LogP contribution < -0.4 is 5.73 Å². The van der Waals surface area contributed by atoms with E-state index in [1.165, 1.54) is 12.3 Å². The fourth-order valence-electron chi connectivity index (χ4n) is 1.35. The van der Waals surface area contributed by atoms with Gasteiger partial charge in [0, 0.05) is 18.1 Å². The van der Waals surface area contributed by atoms with E-state index in [1.807, 2.05) is 0 Å². The monoisotopic (exact) mass is 210 g/mol. The predicted octanol–water partition coefficient (Wildman–Crippen LogP) is 2.49. The fourth-order valence-corrected chi connectivity index (χ4v) is 1.52. The highest BCUT2D eigenvalue weighted by Crippen LogP contribution is 2.20. The van der Waals surface area contributed by atoms with Gasteiger partial charge in [-0.15, -0.1) is 0 Å². The van der Waals surface area contributed by atoms with Crippen LogP contribution in [0.4, 0.5) is 4.39 Å². The van der Waals surface area contributed by atoms with Crippen LogP contribution in [0.2, 0.25) is 5.02 Å². The van der Waals surface area contributed by atoms with Crippen LogP contribution in [0.3, 0.4) is 0 Å². The summed E-state index contributed by atoms with van der Waals surface area (Å²) in [6, 6.07) is 4.85. The third-order valence-corrected chi connectivity index (χ3v) is 2.21. The Morgan fingerprint density at radius 3 is 2.86 bits per heavy atom. The lowest BCUT2D eigenvalue weighted by Gasteiger charge is -2.02. The summed E-state index contributed by atoms with van der Waals surface area (Å²) in [6.07, 6.45) is 1.43. The van der Waals surface area contributed by atoms with Gasteiger partial charge >= 0.3 is 0 Å². The quantitative estimate of drug-likeness (QED) is 0.786. The lowest BCUT2D eigenvalue weighted by molar-refractivity contribution is 0.634. The fraction of sp³-hybridized carbons (Fsp3) is 0.100. The van der Waals surface area contributed by atoms with Gasteiger partial charge in [0.1, 0.15) is 11.3 Å². The molecule has 2 aromatic rings. The molecule has 0 bridgehead atoms. The summed E-state index contributed by atoms with van der Waals surface area (Å²) in [5, 5.41) is 1.17. The van der Waals surface area contributed by atoms with Gasteiger partial charge in [-0.3, -0.25) is 4.98 Å². The van der Waals surface area contributed by atoms with Crippen molar-refractivity contribution in [2.75, 3.05) is 0 Å². The molecule has 72 valence electrons. The zero-order valence-electron chi connectivity index (χ0n) is 7.30. The number of pyridine rings is 1. The van der Waals surface area contributed by atoms with Crippen LogP contribution in [-0.2, 0) is 6.54 Å². The number of benzene rings is 1. The highest BCUT2D eigenvalue weighted by Gasteiger charge is 2.04. The number of halogens is 2. The minimum Gasteiger partial charge on any atom is -0.326 e. The molecule has 0 saturated carbocycles. The molecule has 14 heavy (non-hydrogen) atoms. The Bertz CT molecular complexity index is 485. The number of rotatable bonds is 1. The molecule has 2 rings (SSSR count). The van der Waals surface area contributed by atoms with Gasteiger partial charge in [0.25, 0.3) is 0 Å². The first-order chi connectivity index (χ1) is 6.70. The molecule has 1 aromatic heterocycles. The molecular formula is C10H8ClFN2. The molecule has 0 saturated heterocycles. The van der Waals surface area contributed by atoms with Gasteiger partial charge in [-0.25, -0.2) is 4.39 Å². The van der Waals surface area contributed by atoms with Crippen LogP contribution in [0.5, 0.6) is 0 Å². The molecule has 0 aliphatic heterocycles. The van der Waals surface area contributed by atoms with E-state index in [0.29, 0.717) is 22.5 Å². The molecule has 0 fully saturated rings. The van der Waals surface area contributed by atoms with Crippen molar-refractivity contribution >= 4 is 22.5 Å². The normalized spacial score (nSPS) is 10.8. The van der Waals surface area contributed by atoms with Crippen molar-refractivity contribution in [2.45, 2.75) is 6.54 Å². The lowest BCUT2D eigenvalue weighted by atomic mass is 10.1. The third-order valence-electron chi connectivity index (χ3n) is 2.00. The predicted molar refractivity (Wildman–Crippen MR) is 54.6 cm³/mol. The SMILES string of the molecule is NCc1cc(F)c2ncc(Cl)cc2c1. The van der Waals surface area contributed by atoms with E-state index < -0.39 is 0 Å². The van der Waals surface area contributed by atoms with E-state index in [0.717, 1.165) is 5.56 Å². The molecule has 2 N–H and O–H groups in total. The molecule has 2 nitrogen and oxygen atoms in total. The van der Waals surface area contributed by atoms with Crippen molar-refractivity contribution in [3.8, 4) is 0 Å². The molecule has 0 radical (unpaired) electrons. The Balaban J connectivity index is 2.77. The van der Waals surface area contributed by atoms with Crippen molar-refractivity contribution in [2.24, 2.45) is 5.73 Å². The summed E-state index contributed by atoms with van der Waals surface area (Å²) >= 11 is 5.75.